The summed E-state index contributed by atoms with van der Waals surface area (Å²) in [4.78, 5) is 21.5. The lowest BCUT2D eigenvalue weighted by Gasteiger charge is -2.24. The molecule has 1 saturated heterocycles. The topological polar surface area (TPSA) is 159 Å². The van der Waals surface area contributed by atoms with Gasteiger partial charge < -0.3 is 39.3 Å². The van der Waals surface area contributed by atoms with Crippen LogP contribution in [0.1, 0.15) is 25.5 Å². The molecule has 0 radical (unpaired) electrons. The van der Waals surface area contributed by atoms with Crippen molar-refractivity contribution in [3.05, 3.63) is 28.4 Å². The van der Waals surface area contributed by atoms with Crippen LogP contribution in [0.25, 0.3) is 11.0 Å². The standard InChI is InChI=1S/C16H25N4O7P/c1-3-26-28(24,27-4-2)8-25-15-12(20-10(6-21)14(15)22)9-5-17-13-11(9)18-7-19-16(13)23/h5,7,10,12,14-15,17,20-22H,3-4,6,8H2,1-2H3,(H,18,19,23)/t10-,12+,14-,15+/m1/s1. The van der Waals surface area contributed by atoms with E-state index in [1.807, 2.05) is 0 Å². The van der Waals surface area contributed by atoms with Gasteiger partial charge in [-0.2, -0.15) is 0 Å². The summed E-state index contributed by atoms with van der Waals surface area (Å²) in [6, 6.07) is -1.27. The van der Waals surface area contributed by atoms with Gasteiger partial charge in [-0.1, -0.05) is 0 Å². The van der Waals surface area contributed by atoms with Gasteiger partial charge in [0.25, 0.3) is 5.56 Å². The maximum atomic E-state index is 12.7. The van der Waals surface area contributed by atoms with Gasteiger partial charge in [-0.3, -0.25) is 9.36 Å². The van der Waals surface area contributed by atoms with E-state index in [1.165, 1.54) is 6.33 Å². The molecule has 3 heterocycles. The van der Waals surface area contributed by atoms with E-state index >= 15 is 0 Å². The number of hydrogen-bond donors (Lipinski definition) is 5. The maximum Gasteiger partial charge on any atom is 0.356 e. The Hall–Kier alpha value is -1.59. The molecule has 5 N–H and O–H groups in total. The molecule has 156 valence electrons. The molecule has 1 fully saturated rings. The lowest BCUT2D eigenvalue weighted by molar-refractivity contribution is -0.0238. The van der Waals surface area contributed by atoms with Crippen molar-refractivity contribution in [3.63, 3.8) is 0 Å². The first-order valence-electron chi connectivity index (χ1n) is 9.03. The fourth-order valence-corrected chi connectivity index (χ4v) is 4.73. The van der Waals surface area contributed by atoms with E-state index in [0.717, 1.165) is 0 Å². The van der Waals surface area contributed by atoms with Crippen molar-refractivity contribution in [3.8, 4) is 0 Å². The van der Waals surface area contributed by atoms with Crippen molar-refractivity contribution in [1.82, 2.24) is 20.3 Å². The number of H-pyrrole nitrogens is 2. The predicted molar refractivity (Wildman–Crippen MR) is 100 cm³/mol. The van der Waals surface area contributed by atoms with Crippen LogP contribution in [-0.4, -0.2) is 69.6 Å². The van der Waals surface area contributed by atoms with Gasteiger partial charge in [-0.05, 0) is 13.8 Å². The van der Waals surface area contributed by atoms with Crippen LogP contribution in [0, 0.1) is 0 Å². The van der Waals surface area contributed by atoms with Gasteiger partial charge in [-0.15, -0.1) is 0 Å². The van der Waals surface area contributed by atoms with Crippen molar-refractivity contribution in [2.24, 2.45) is 0 Å². The molecule has 28 heavy (non-hydrogen) atoms. The third kappa shape index (κ3) is 4.06. The quantitative estimate of drug-likeness (QED) is 0.361. The van der Waals surface area contributed by atoms with Crippen LogP contribution >= 0.6 is 7.60 Å². The molecular formula is C16H25N4O7P. The highest BCUT2D eigenvalue weighted by Crippen LogP contribution is 2.49. The van der Waals surface area contributed by atoms with E-state index in [4.69, 9.17) is 13.8 Å². The van der Waals surface area contributed by atoms with Gasteiger partial charge in [-0.25, -0.2) is 4.98 Å². The maximum absolute atomic E-state index is 12.7. The fraction of sp³-hybridized carbons (Fsp3) is 0.625. The zero-order chi connectivity index (χ0) is 20.3. The second-order valence-corrected chi connectivity index (χ2v) is 8.33. The zero-order valence-electron chi connectivity index (χ0n) is 15.6. The molecule has 0 saturated carbocycles. The molecule has 2 aromatic heterocycles. The smallest absolute Gasteiger partial charge is 0.356 e. The molecule has 3 rings (SSSR count). The Kier molecular flexibility index (Phi) is 6.66. The van der Waals surface area contributed by atoms with Crippen LogP contribution in [0.4, 0.5) is 0 Å². The molecule has 11 nitrogen and oxygen atoms in total. The van der Waals surface area contributed by atoms with Crippen LogP contribution in [0.2, 0.25) is 0 Å². The molecular weight excluding hydrogens is 391 g/mol. The predicted octanol–water partition coefficient (Wildman–Crippen LogP) is 0.226. The fourth-order valence-electron chi connectivity index (χ4n) is 3.36. The summed E-state index contributed by atoms with van der Waals surface area (Å²) in [5, 5.41) is 23.2. The first kappa shape index (κ1) is 21.1. The Labute approximate surface area is 161 Å². The minimum absolute atomic E-state index is 0.184. The van der Waals surface area contributed by atoms with E-state index in [9.17, 15) is 19.6 Å². The molecule has 2 aromatic rings. The number of aliphatic hydroxyl groups is 2. The summed E-state index contributed by atoms with van der Waals surface area (Å²) in [5.41, 5.74) is 0.958. The number of rotatable bonds is 9. The molecule has 12 heteroatoms. The number of aromatic nitrogens is 3. The van der Waals surface area contributed by atoms with Gasteiger partial charge in [0.05, 0.1) is 44.3 Å². The minimum Gasteiger partial charge on any atom is -0.395 e. The van der Waals surface area contributed by atoms with Gasteiger partial charge in [0.15, 0.2) is 0 Å². The summed E-state index contributed by atoms with van der Waals surface area (Å²) in [6.07, 6.45) is 0.567. The number of aliphatic hydroxyl groups excluding tert-OH is 2. The van der Waals surface area contributed by atoms with E-state index in [2.05, 4.69) is 20.3 Å². The Bertz CT molecular complexity index is 890. The second kappa shape index (κ2) is 8.83. The largest absolute Gasteiger partial charge is 0.395 e. The van der Waals surface area contributed by atoms with Crippen LogP contribution in [-0.2, 0) is 18.3 Å². The molecule has 0 spiro atoms. The third-order valence-corrected chi connectivity index (χ3v) is 6.35. The SMILES string of the molecule is CCOP(=O)(CO[C@@H]1[C@H](O)[C@@H](CO)N[C@H]1c1c[nH]c2c(=O)[nH]cnc12)OCC. The van der Waals surface area contributed by atoms with Gasteiger partial charge in [0, 0.05) is 11.8 Å². The summed E-state index contributed by atoms with van der Waals surface area (Å²) in [7, 11) is -3.49. The first-order chi connectivity index (χ1) is 13.4. The van der Waals surface area contributed by atoms with Crippen molar-refractivity contribution in [1.29, 1.82) is 0 Å². The highest BCUT2D eigenvalue weighted by atomic mass is 31.2. The molecule has 0 bridgehead atoms. The molecule has 0 aromatic carbocycles. The van der Waals surface area contributed by atoms with Crippen LogP contribution < -0.4 is 10.9 Å². The molecule has 0 unspecified atom stereocenters. The Balaban J connectivity index is 1.89. The normalized spacial score (nSPS) is 25.6. The number of aromatic amines is 2. The Morgan fingerprint density at radius 3 is 2.61 bits per heavy atom. The van der Waals surface area contributed by atoms with Crippen molar-refractivity contribution < 1.29 is 28.6 Å². The Morgan fingerprint density at radius 1 is 1.25 bits per heavy atom. The van der Waals surface area contributed by atoms with Crippen LogP contribution in [0.5, 0.6) is 0 Å². The van der Waals surface area contributed by atoms with Crippen molar-refractivity contribution in [2.75, 3.05) is 26.2 Å². The average Bonchev–Trinajstić information content (AvgIpc) is 3.22. The molecule has 0 aliphatic carbocycles. The van der Waals surface area contributed by atoms with E-state index in [-0.39, 0.29) is 37.2 Å². The molecule has 1 aliphatic heterocycles. The molecule has 0 amide bonds. The molecule has 1 aliphatic rings. The highest BCUT2D eigenvalue weighted by Gasteiger charge is 2.45. The lowest BCUT2D eigenvalue weighted by Crippen LogP contribution is -2.36. The monoisotopic (exact) mass is 416 g/mol. The van der Waals surface area contributed by atoms with Gasteiger partial charge >= 0.3 is 7.60 Å². The van der Waals surface area contributed by atoms with Crippen molar-refractivity contribution in [2.45, 2.75) is 38.1 Å². The first-order valence-corrected chi connectivity index (χ1v) is 10.8. The summed E-state index contributed by atoms with van der Waals surface area (Å²) in [6.45, 7) is 3.42. The van der Waals surface area contributed by atoms with E-state index in [0.29, 0.717) is 11.1 Å². The van der Waals surface area contributed by atoms with Crippen LogP contribution in [0.3, 0.4) is 0 Å². The average molecular weight is 416 g/mol. The second-order valence-electron chi connectivity index (χ2n) is 6.33. The summed E-state index contributed by atoms with van der Waals surface area (Å²) >= 11 is 0. The number of nitrogens with zero attached hydrogens (tertiary/aromatic N) is 1. The van der Waals surface area contributed by atoms with Crippen LogP contribution in [0.15, 0.2) is 17.3 Å². The Morgan fingerprint density at radius 2 is 1.96 bits per heavy atom. The lowest BCUT2D eigenvalue weighted by atomic mass is 10.0. The van der Waals surface area contributed by atoms with Gasteiger partial charge in [0.1, 0.15) is 23.5 Å². The number of hydrogen-bond acceptors (Lipinski definition) is 9. The number of fused-ring (bicyclic) bond motifs is 1. The summed E-state index contributed by atoms with van der Waals surface area (Å²) < 4.78 is 28.9. The van der Waals surface area contributed by atoms with E-state index in [1.54, 1.807) is 20.0 Å². The van der Waals surface area contributed by atoms with Gasteiger partial charge in [0.2, 0.25) is 0 Å². The zero-order valence-corrected chi connectivity index (χ0v) is 16.5. The highest BCUT2D eigenvalue weighted by molar-refractivity contribution is 7.53. The van der Waals surface area contributed by atoms with Crippen molar-refractivity contribution >= 4 is 18.6 Å². The summed E-state index contributed by atoms with van der Waals surface area (Å²) in [5.74, 6) is 0. The molecule has 4 atom stereocenters. The third-order valence-electron chi connectivity index (χ3n) is 4.58. The number of nitrogens with one attached hydrogen (secondary N) is 3. The van der Waals surface area contributed by atoms with E-state index < -0.39 is 31.9 Å². The number of ether oxygens (including phenoxy) is 1. The minimum atomic E-state index is -3.49.